The number of anilines is 1. The summed E-state index contributed by atoms with van der Waals surface area (Å²) in [4.78, 5) is 43.2. The van der Waals surface area contributed by atoms with Gasteiger partial charge in [0.25, 0.3) is 0 Å². The number of benzene rings is 1. The number of piperidine rings is 1. The SMILES string of the molecule is Cl.O=C(O)CC1CCN(Cc2cc(Oc3cnc(N4CCC5(CCN(C(=O)CO)C5)C4)nc3)nc(-c3cc(Cl)cc(Cl)c3)c2)CC1. The van der Waals surface area contributed by atoms with Crippen LogP contribution < -0.4 is 9.64 Å². The molecule has 0 radical (unpaired) electrons. The van der Waals surface area contributed by atoms with Gasteiger partial charge in [0.15, 0.2) is 5.75 Å². The zero-order valence-electron chi connectivity index (χ0n) is 25.3. The lowest BCUT2D eigenvalue weighted by Gasteiger charge is -2.31. The molecule has 6 rings (SSSR count). The van der Waals surface area contributed by atoms with Gasteiger partial charge in [-0.2, -0.15) is 0 Å². The number of hydrogen-bond acceptors (Lipinski definition) is 9. The number of aliphatic carboxylic acids is 1. The average Bonchev–Trinajstić information content (AvgIpc) is 3.63. The fourth-order valence-corrected chi connectivity index (χ4v) is 7.27. The van der Waals surface area contributed by atoms with Crippen molar-refractivity contribution in [3.8, 4) is 22.9 Å². The molecule has 2 aromatic heterocycles. The minimum atomic E-state index is -0.743. The lowest BCUT2D eigenvalue weighted by atomic mass is 9.86. The Morgan fingerprint density at radius 1 is 0.957 bits per heavy atom. The fraction of sp³-hybridized carbons (Fsp3) is 0.469. The second kappa shape index (κ2) is 14.7. The minimum Gasteiger partial charge on any atom is -0.481 e. The smallest absolute Gasteiger partial charge is 0.303 e. The van der Waals surface area contributed by atoms with Gasteiger partial charge >= 0.3 is 5.97 Å². The van der Waals surface area contributed by atoms with E-state index in [1.165, 1.54) is 0 Å². The number of hydrogen-bond donors (Lipinski definition) is 2. The van der Waals surface area contributed by atoms with Crippen molar-refractivity contribution in [1.82, 2.24) is 24.8 Å². The molecule has 1 spiro atoms. The molecule has 3 aliphatic rings. The van der Waals surface area contributed by atoms with Crippen LogP contribution in [0, 0.1) is 11.3 Å². The molecule has 11 nitrogen and oxygen atoms in total. The Bertz CT molecular complexity index is 1540. The van der Waals surface area contributed by atoms with Crippen LogP contribution in [0.25, 0.3) is 11.3 Å². The van der Waals surface area contributed by atoms with Crippen LogP contribution in [0.4, 0.5) is 5.95 Å². The van der Waals surface area contributed by atoms with Gasteiger partial charge in [0.1, 0.15) is 6.61 Å². The van der Waals surface area contributed by atoms with Gasteiger partial charge in [-0.1, -0.05) is 23.2 Å². The molecule has 3 aliphatic heterocycles. The van der Waals surface area contributed by atoms with Gasteiger partial charge in [-0.15, -0.1) is 12.4 Å². The summed E-state index contributed by atoms with van der Waals surface area (Å²) >= 11 is 12.6. The standard InChI is InChI=1S/C32H36Cl2N6O5.ClH/c33-24-12-23(13-25(34)14-24)27-9-22(17-38-5-1-21(2-6-38)11-30(43)44)10-28(37-27)45-26-15-35-31(36-16-26)40-8-4-32(20-40)3-7-39(19-32)29(42)18-41;/h9-10,12-16,21,41H,1-8,11,17-20H2,(H,43,44);1H. The van der Waals surface area contributed by atoms with Gasteiger partial charge < -0.3 is 24.7 Å². The number of nitrogens with zero attached hydrogens (tertiary/aromatic N) is 6. The van der Waals surface area contributed by atoms with Crippen LogP contribution in [0.3, 0.4) is 0 Å². The lowest BCUT2D eigenvalue weighted by Crippen LogP contribution is -2.35. The lowest BCUT2D eigenvalue weighted by molar-refractivity contribution is -0.138. The molecule has 5 heterocycles. The van der Waals surface area contributed by atoms with E-state index in [0.29, 0.717) is 53.0 Å². The number of carbonyl (C=O) groups is 2. The highest BCUT2D eigenvalue weighted by atomic mass is 35.5. The molecule has 246 valence electrons. The molecule has 1 amide bonds. The van der Waals surface area contributed by atoms with Gasteiger partial charge in [0.2, 0.25) is 17.7 Å². The van der Waals surface area contributed by atoms with E-state index < -0.39 is 12.6 Å². The van der Waals surface area contributed by atoms with Crippen LogP contribution in [0.1, 0.15) is 37.7 Å². The Balaban J connectivity index is 0.00000417. The van der Waals surface area contributed by atoms with Gasteiger partial charge in [0, 0.05) is 66.2 Å². The Labute approximate surface area is 283 Å². The summed E-state index contributed by atoms with van der Waals surface area (Å²) in [5.74, 6) is 0.679. The number of carboxylic acids is 1. The van der Waals surface area contributed by atoms with E-state index >= 15 is 0 Å². The normalized spacial score (nSPS) is 20.2. The third-order valence-corrected chi connectivity index (χ3v) is 9.52. The van der Waals surface area contributed by atoms with E-state index in [1.807, 2.05) is 24.3 Å². The van der Waals surface area contributed by atoms with Crippen molar-refractivity contribution in [1.29, 1.82) is 0 Å². The van der Waals surface area contributed by atoms with Crippen molar-refractivity contribution in [2.45, 2.75) is 38.6 Å². The number of aliphatic hydroxyl groups is 1. The van der Waals surface area contributed by atoms with Crippen LogP contribution in [-0.2, 0) is 16.1 Å². The van der Waals surface area contributed by atoms with E-state index in [2.05, 4.69) is 19.8 Å². The number of carboxylic acid groups (broad SMARTS) is 1. The molecule has 3 fully saturated rings. The quantitative estimate of drug-likeness (QED) is 0.310. The van der Waals surface area contributed by atoms with Gasteiger partial charge in [0.05, 0.1) is 18.1 Å². The van der Waals surface area contributed by atoms with Crippen molar-refractivity contribution in [2.24, 2.45) is 11.3 Å². The monoisotopic (exact) mass is 690 g/mol. The topological polar surface area (TPSA) is 132 Å². The highest BCUT2D eigenvalue weighted by Gasteiger charge is 2.45. The van der Waals surface area contributed by atoms with Gasteiger partial charge in [-0.25, -0.2) is 15.0 Å². The van der Waals surface area contributed by atoms with E-state index in [1.54, 1.807) is 23.4 Å². The number of aromatic nitrogens is 3. The van der Waals surface area contributed by atoms with Crippen LogP contribution >= 0.6 is 35.6 Å². The summed E-state index contributed by atoms with van der Waals surface area (Å²) in [6.45, 7) is 4.70. The van der Waals surface area contributed by atoms with Gasteiger partial charge in [-0.3, -0.25) is 14.5 Å². The molecule has 3 saturated heterocycles. The number of ether oxygens (including phenoxy) is 1. The van der Waals surface area contributed by atoms with Crippen LogP contribution in [-0.4, -0.2) is 92.7 Å². The molecule has 1 atom stereocenters. The second-order valence-electron chi connectivity index (χ2n) is 12.4. The summed E-state index contributed by atoms with van der Waals surface area (Å²) in [6, 6.07) is 9.19. The van der Waals surface area contributed by atoms with E-state index in [0.717, 1.165) is 63.0 Å². The van der Waals surface area contributed by atoms with E-state index in [9.17, 15) is 14.7 Å². The zero-order chi connectivity index (χ0) is 31.6. The Hall–Kier alpha value is -3.22. The molecular formula is C32H37Cl3N6O5. The number of halogens is 3. The first-order valence-corrected chi connectivity index (χ1v) is 16.0. The Morgan fingerprint density at radius 2 is 1.65 bits per heavy atom. The summed E-state index contributed by atoms with van der Waals surface area (Å²) in [5, 5.41) is 19.4. The van der Waals surface area contributed by atoms with Gasteiger partial charge in [-0.05, 0) is 74.5 Å². The Kier molecular flexibility index (Phi) is 10.9. The molecular weight excluding hydrogens is 655 g/mol. The van der Waals surface area contributed by atoms with Crippen LogP contribution in [0.15, 0.2) is 42.7 Å². The largest absolute Gasteiger partial charge is 0.481 e. The zero-order valence-corrected chi connectivity index (χ0v) is 27.6. The summed E-state index contributed by atoms with van der Waals surface area (Å²) < 4.78 is 6.18. The van der Waals surface area contributed by atoms with Crippen LogP contribution in [0.5, 0.6) is 11.6 Å². The maximum Gasteiger partial charge on any atom is 0.303 e. The molecule has 1 aromatic carbocycles. The average molecular weight is 692 g/mol. The maximum absolute atomic E-state index is 12.0. The van der Waals surface area contributed by atoms with Crippen LogP contribution in [0.2, 0.25) is 10.0 Å². The Morgan fingerprint density at radius 3 is 2.33 bits per heavy atom. The predicted molar refractivity (Wildman–Crippen MR) is 177 cm³/mol. The predicted octanol–water partition coefficient (Wildman–Crippen LogP) is 5.17. The van der Waals surface area contributed by atoms with Crippen molar-refractivity contribution < 1.29 is 24.5 Å². The summed E-state index contributed by atoms with van der Waals surface area (Å²) in [6.07, 6.45) is 7.02. The second-order valence-corrected chi connectivity index (χ2v) is 13.3. The molecule has 0 saturated carbocycles. The van der Waals surface area contributed by atoms with Crippen molar-refractivity contribution in [3.05, 3.63) is 58.3 Å². The third-order valence-electron chi connectivity index (χ3n) is 9.08. The molecule has 14 heteroatoms. The first-order valence-electron chi connectivity index (χ1n) is 15.2. The molecule has 2 N–H and O–H groups in total. The fourth-order valence-electron chi connectivity index (χ4n) is 6.74. The number of carbonyl (C=O) groups excluding carboxylic acids is 1. The molecule has 46 heavy (non-hydrogen) atoms. The highest BCUT2D eigenvalue weighted by Crippen LogP contribution is 2.40. The van der Waals surface area contributed by atoms with Crippen molar-refractivity contribution in [3.63, 3.8) is 0 Å². The first kappa shape index (κ1) is 34.1. The molecule has 3 aromatic rings. The highest BCUT2D eigenvalue weighted by molar-refractivity contribution is 6.35. The van der Waals surface area contributed by atoms with Crippen molar-refractivity contribution >= 4 is 53.4 Å². The summed E-state index contributed by atoms with van der Waals surface area (Å²) in [5.41, 5.74) is 2.42. The molecule has 0 bridgehead atoms. The summed E-state index contributed by atoms with van der Waals surface area (Å²) in [7, 11) is 0. The first-order chi connectivity index (χ1) is 21.7. The number of likely N-dealkylation sites (tertiary alicyclic amines) is 2. The van der Waals surface area contributed by atoms with E-state index in [4.69, 9.17) is 38.0 Å². The number of rotatable bonds is 9. The number of amides is 1. The van der Waals surface area contributed by atoms with E-state index in [-0.39, 0.29) is 36.1 Å². The molecule has 0 aliphatic carbocycles. The maximum atomic E-state index is 12.0. The number of aliphatic hydroxyl groups excluding tert-OH is 1. The molecule has 1 unspecified atom stereocenters. The van der Waals surface area contributed by atoms with Crippen molar-refractivity contribution in [2.75, 3.05) is 50.8 Å². The third kappa shape index (κ3) is 8.19. The number of pyridine rings is 1. The minimum absolute atomic E-state index is 0.